The van der Waals surface area contributed by atoms with Crippen molar-refractivity contribution in [3.8, 4) is 0 Å². The zero-order valence-electron chi connectivity index (χ0n) is 37.8. The van der Waals surface area contributed by atoms with E-state index in [4.69, 9.17) is 43.6 Å². The minimum atomic E-state index is -1.17. The fourth-order valence-electron chi connectivity index (χ4n) is 6.12. The van der Waals surface area contributed by atoms with E-state index >= 15 is 0 Å². The van der Waals surface area contributed by atoms with Crippen molar-refractivity contribution >= 4 is 35.7 Å². The van der Waals surface area contributed by atoms with Gasteiger partial charge in [0.25, 0.3) is 0 Å². The van der Waals surface area contributed by atoms with Gasteiger partial charge in [-0.05, 0) is 6.42 Å². The number of rotatable bonds is 40. The highest BCUT2D eigenvalue weighted by atomic mass is 16.6. The van der Waals surface area contributed by atoms with Crippen LogP contribution in [-0.2, 0) is 66.7 Å². The lowest BCUT2D eigenvalue weighted by Gasteiger charge is -2.35. The molecule has 2 amide bonds. The molecule has 1 fully saturated rings. The van der Waals surface area contributed by atoms with E-state index in [1.807, 2.05) is 0 Å². The zero-order chi connectivity index (χ0) is 47.8. The Hall–Kier alpha value is -3.70. The van der Waals surface area contributed by atoms with Crippen LogP contribution in [-0.4, -0.2) is 279 Å². The molecule has 0 radical (unpaired) electrons. The van der Waals surface area contributed by atoms with E-state index in [9.17, 15) is 49.2 Å². The average molecular weight is 942 g/mol. The van der Waals surface area contributed by atoms with Crippen LogP contribution in [0.15, 0.2) is 0 Å². The van der Waals surface area contributed by atoms with Gasteiger partial charge in [-0.1, -0.05) is 0 Å². The van der Waals surface area contributed by atoms with E-state index in [0.29, 0.717) is 106 Å². The molecule has 0 spiro atoms. The van der Waals surface area contributed by atoms with Crippen molar-refractivity contribution in [2.75, 3.05) is 197 Å². The summed E-state index contributed by atoms with van der Waals surface area (Å²) in [6, 6.07) is -1.11. The normalized spacial score (nSPS) is 15.5. The number of amides is 2. The van der Waals surface area contributed by atoms with Gasteiger partial charge in [-0.15, -0.1) is 0 Å². The molecule has 1 rings (SSSR count). The molecular weight excluding hydrogens is 866 g/mol. The van der Waals surface area contributed by atoms with Gasteiger partial charge in [-0.25, -0.2) is 0 Å². The third-order valence-electron chi connectivity index (χ3n) is 9.42. The van der Waals surface area contributed by atoms with E-state index in [0.717, 1.165) is 0 Å². The molecule has 1 aliphatic rings. The Labute approximate surface area is 380 Å². The van der Waals surface area contributed by atoms with E-state index in [1.54, 1.807) is 19.6 Å². The van der Waals surface area contributed by atoms with Gasteiger partial charge in [-0.3, -0.25) is 48.4 Å². The number of carbonyl (C=O) groups is 6. The average Bonchev–Trinajstić information content (AvgIpc) is 3.25. The third-order valence-corrected chi connectivity index (χ3v) is 9.42. The van der Waals surface area contributed by atoms with Gasteiger partial charge < -0.3 is 74.7 Å². The fourth-order valence-corrected chi connectivity index (χ4v) is 6.12. The molecule has 1 unspecified atom stereocenters. The highest BCUT2D eigenvalue weighted by molar-refractivity contribution is 5.78. The summed E-state index contributed by atoms with van der Waals surface area (Å²) in [6.07, 6.45) is 0.0962. The number of aliphatic carboxylic acids is 4. The number of carboxylic acid groups (broad SMARTS) is 4. The summed E-state index contributed by atoms with van der Waals surface area (Å²) in [6.45, 7) is 7.45. The molecule has 1 heterocycles. The minimum absolute atomic E-state index is 0.0455. The predicted molar refractivity (Wildman–Crippen MR) is 231 cm³/mol. The van der Waals surface area contributed by atoms with Crippen LogP contribution in [0.1, 0.15) is 19.3 Å². The van der Waals surface area contributed by atoms with Crippen molar-refractivity contribution in [3.63, 3.8) is 0 Å². The molecule has 0 aromatic heterocycles. The summed E-state index contributed by atoms with van der Waals surface area (Å²) in [5.41, 5.74) is 5.33. The third kappa shape index (κ3) is 36.1. The fraction of sp³-hybridized carbons (Fsp3) is 0.850. The molecule has 0 aromatic rings. The van der Waals surface area contributed by atoms with Crippen molar-refractivity contribution in [3.05, 3.63) is 0 Å². The van der Waals surface area contributed by atoms with Crippen LogP contribution in [0.3, 0.4) is 0 Å². The second kappa shape index (κ2) is 40.6. The van der Waals surface area contributed by atoms with Crippen molar-refractivity contribution in [2.45, 2.75) is 25.3 Å². The Bertz CT molecular complexity index is 1260. The lowest BCUT2D eigenvalue weighted by molar-refractivity contribution is -0.145. The highest BCUT2D eigenvalue weighted by Gasteiger charge is 2.28. The first-order valence-corrected chi connectivity index (χ1v) is 22.1. The number of hydrogen-bond donors (Lipinski definition) is 7. The number of nitrogens with two attached hydrogens (primary N) is 1. The summed E-state index contributed by atoms with van der Waals surface area (Å²) in [5.74, 6) is -4.92. The van der Waals surface area contributed by atoms with Gasteiger partial charge in [0, 0.05) is 84.8 Å². The molecule has 0 aromatic carbocycles. The number of nitrogens with one attached hydrogen (secondary N) is 2. The van der Waals surface area contributed by atoms with Crippen LogP contribution in [0.25, 0.3) is 0 Å². The summed E-state index contributed by atoms with van der Waals surface area (Å²) in [4.78, 5) is 77.8. The molecule has 0 aliphatic carbocycles. The molecule has 8 N–H and O–H groups in total. The SMILES string of the molecule is NCCOCCOCCNC(=O)CCOCCOCCOCCOCCOCCOCCNC(=O)CCC(C(=O)O)N1CCN(CC(=O)O)CCN(CC(=O)O)CCN(CC(=O)O)CC1. The van der Waals surface area contributed by atoms with Crippen molar-refractivity contribution in [1.82, 2.24) is 30.2 Å². The summed E-state index contributed by atoms with van der Waals surface area (Å²) in [5, 5.41) is 43.9. The van der Waals surface area contributed by atoms with Gasteiger partial charge in [0.2, 0.25) is 11.8 Å². The second-order valence-electron chi connectivity index (χ2n) is 14.6. The number of carbonyl (C=O) groups excluding carboxylic acids is 2. The number of nitrogens with zero attached hydrogens (tertiary/aromatic N) is 4. The highest BCUT2D eigenvalue weighted by Crippen LogP contribution is 2.11. The standard InChI is InChI=1S/C40H75N7O18/c41-4-16-59-20-21-60-18-6-43-36(49)3-15-58-19-23-62-25-27-64-29-30-65-28-26-63-24-22-61-17-5-42-35(48)2-1-34(40(56)57)47-13-11-45(32-38(52)53)9-7-44(31-37(50)51)8-10-46(12-14-47)33-39(54)55/h34H,1-33,41H2,(H,42,48)(H,43,49)(H,50,51)(H,52,53)(H,54,55)(H,56,57). The Morgan fingerprint density at radius 3 is 1.08 bits per heavy atom. The number of hydrogen-bond acceptors (Lipinski definition) is 19. The van der Waals surface area contributed by atoms with Gasteiger partial charge >= 0.3 is 23.9 Å². The maximum absolute atomic E-state index is 12.6. The Morgan fingerprint density at radius 1 is 0.431 bits per heavy atom. The summed E-state index contributed by atoms with van der Waals surface area (Å²) in [7, 11) is 0. The maximum Gasteiger partial charge on any atom is 0.320 e. The van der Waals surface area contributed by atoms with Crippen LogP contribution in [0, 0.1) is 0 Å². The molecule has 25 heteroatoms. The first-order chi connectivity index (χ1) is 31.4. The van der Waals surface area contributed by atoms with Crippen LogP contribution in [0.2, 0.25) is 0 Å². The van der Waals surface area contributed by atoms with Crippen molar-refractivity contribution < 1.29 is 87.1 Å². The molecular formula is C40H75N7O18. The number of carboxylic acids is 4. The van der Waals surface area contributed by atoms with E-state index in [-0.39, 0.29) is 123 Å². The quantitative estimate of drug-likeness (QED) is 0.0292. The van der Waals surface area contributed by atoms with Crippen LogP contribution < -0.4 is 16.4 Å². The van der Waals surface area contributed by atoms with Crippen LogP contribution >= 0.6 is 0 Å². The van der Waals surface area contributed by atoms with Crippen LogP contribution in [0.4, 0.5) is 0 Å². The van der Waals surface area contributed by atoms with Crippen molar-refractivity contribution in [2.24, 2.45) is 5.73 Å². The smallest absolute Gasteiger partial charge is 0.320 e. The Kier molecular flexibility index (Phi) is 37.0. The monoisotopic (exact) mass is 942 g/mol. The first kappa shape index (κ1) is 59.3. The minimum Gasteiger partial charge on any atom is -0.480 e. The lowest BCUT2D eigenvalue weighted by atomic mass is 10.1. The van der Waals surface area contributed by atoms with Gasteiger partial charge in [0.05, 0.1) is 125 Å². The van der Waals surface area contributed by atoms with Gasteiger partial charge in [-0.2, -0.15) is 0 Å². The van der Waals surface area contributed by atoms with Gasteiger partial charge in [0.1, 0.15) is 6.04 Å². The Balaban J connectivity index is 2.16. The van der Waals surface area contributed by atoms with E-state index in [2.05, 4.69) is 10.6 Å². The summed E-state index contributed by atoms with van der Waals surface area (Å²) >= 11 is 0. The van der Waals surface area contributed by atoms with E-state index < -0.39 is 29.9 Å². The van der Waals surface area contributed by atoms with Gasteiger partial charge in [0.15, 0.2) is 0 Å². The summed E-state index contributed by atoms with van der Waals surface area (Å²) < 4.78 is 43.3. The largest absolute Gasteiger partial charge is 0.480 e. The molecule has 1 atom stereocenters. The number of ether oxygens (including phenoxy) is 8. The van der Waals surface area contributed by atoms with Crippen LogP contribution in [0.5, 0.6) is 0 Å². The molecule has 65 heavy (non-hydrogen) atoms. The van der Waals surface area contributed by atoms with Crippen molar-refractivity contribution in [1.29, 1.82) is 0 Å². The molecule has 0 bridgehead atoms. The second-order valence-corrected chi connectivity index (χ2v) is 14.6. The zero-order valence-corrected chi connectivity index (χ0v) is 37.8. The van der Waals surface area contributed by atoms with E-state index in [1.165, 1.54) is 0 Å². The predicted octanol–water partition coefficient (Wildman–Crippen LogP) is -3.59. The lowest BCUT2D eigenvalue weighted by Crippen LogP contribution is -2.52. The maximum atomic E-state index is 12.6. The Morgan fingerprint density at radius 2 is 0.738 bits per heavy atom. The molecule has 25 nitrogen and oxygen atoms in total. The topological polar surface area (TPSA) is 320 Å². The first-order valence-electron chi connectivity index (χ1n) is 22.1. The molecule has 1 aliphatic heterocycles. The molecule has 1 saturated heterocycles. The molecule has 0 saturated carbocycles. The molecule has 378 valence electrons.